The number of nitrogens with zero attached hydrogens (tertiary/aromatic N) is 1. The highest BCUT2D eigenvalue weighted by molar-refractivity contribution is 9.10. The van der Waals surface area contributed by atoms with Crippen molar-refractivity contribution in [2.24, 2.45) is 0 Å². The molecular weight excluding hydrogens is 325 g/mol. The molecule has 1 heterocycles. The summed E-state index contributed by atoms with van der Waals surface area (Å²) in [5, 5.41) is 2.65. The molecule has 19 heavy (non-hydrogen) atoms. The average molecular weight is 334 g/mol. The van der Waals surface area contributed by atoms with Crippen LogP contribution in [-0.2, 0) is 0 Å². The zero-order chi connectivity index (χ0) is 13.2. The van der Waals surface area contributed by atoms with Crippen LogP contribution in [0, 0.1) is 5.82 Å². The minimum Gasteiger partial charge on any atom is -0.236 e. The lowest BCUT2D eigenvalue weighted by atomic mass is 10.2. The van der Waals surface area contributed by atoms with E-state index in [1.54, 1.807) is 12.1 Å². The predicted octanol–water partition coefficient (Wildman–Crippen LogP) is 5.38. The monoisotopic (exact) mass is 333 g/mol. The first-order valence-electron chi connectivity index (χ1n) is 5.70. The Labute approximate surface area is 122 Å². The van der Waals surface area contributed by atoms with Crippen molar-refractivity contribution in [2.75, 3.05) is 0 Å². The highest BCUT2D eigenvalue weighted by Gasteiger charge is 2.09. The van der Waals surface area contributed by atoms with Crippen LogP contribution in [0.2, 0.25) is 0 Å². The van der Waals surface area contributed by atoms with E-state index >= 15 is 0 Å². The highest BCUT2D eigenvalue weighted by atomic mass is 79.9. The minimum absolute atomic E-state index is 0.237. The van der Waals surface area contributed by atoms with E-state index in [9.17, 15) is 4.39 Å². The SMILES string of the molecule is Fc1ccccc1-c1nc(-c2ccc(Br)cc2)cs1. The standard InChI is InChI=1S/C15H9BrFNS/c16-11-7-5-10(6-8-11)14-9-19-15(18-14)12-3-1-2-4-13(12)17/h1-9H. The van der Waals surface area contributed by atoms with Crippen molar-refractivity contribution in [3.63, 3.8) is 0 Å². The zero-order valence-corrected chi connectivity index (χ0v) is 12.2. The Kier molecular flexibility index (Phi) is 3.44. The fourth-order valence-electron chi connectivity index (χ4n) is 1.79. The molecule has 1 aromatic heterocycles. The smallest absolute Gasteiger partial charge is 0.133 e. The van der Waals surface area contributed by atoms with Gasteiger partial charge in [-0.05, 0) is 24.3 Å². The van der Waals surface area contributed by atoms with Gasteiger partial charge in [0.2, 0.25) is 0 Å². The summed E-state index contributed by atoms with van der Waals surface area (Å²) >= 11 is 4.86. The van der Waals surface area contributed by atoms with Crippen molar-refractivity contribution in [1.29, 1.82) is 0 Å². The number of hydrogen-bond acceptors (Lipinski definition) is 2. The van der Waals surface area contributed by atoms with Crippen molar-refractivity contribution in [2.45, 2.75) is 0 Å². The molecule has 3 rings (SSSR count). The summed E-state index contributed by atoms with van der Waals surface area (Å²) in [6.45, 7) is 0. The topological polar surface area (TPSA) is 12.9 Å². The Hall–Kier alpha value is -1.52. The Morgan fingerprint density at radius 3 is 2.47 bits per heavy atom. The molecule has 0 atom stereocenters. The van der Waals surface area contributed by atoms with Gasteiger partial charge in [-0.2, -0.15) is 0 Å². The first-order valence-corrected chi connectivity index (χ1v) is 7.38. The van der Waals surface area contributed by atoms with Crippen LogP contribution in [0.5, 0.6) is 0 Å². The van der Waals surface area contributed by atoms with Gasteiger partial charge in [0.1, 0.15) is 10.8 Å². The van der Waals surface area contributed by atoms with Crippen molar-refractivity contribution in [3.05, 3.63) is 64.2 Å². The van der Waals surface area contributed by atoms with E-state index in [4.69, 9.17) is 0 Å². The fourth-order valence-corrected chi connectivity index (χ4v) is 2.91. The fraction of sp³-hybridized carbons (Fsp3) is 0. The van der Waals surface area contributed by atoms with Gasteiger partial charge in [0.15, 0.2) is 0 Å². The minimum atomic E-state index is -0.237. The molecule has 0 unspecified atom stereocenters. The molecule has 3 aromatic rings. The molecule has 0 aliphatic carbocycles. The molecule has 2 aromatic carbocycles. The largest absolute Gasteiger partial charge is 0.236 e. The highest BCUT2D eigenvalue weighted by Crippen LogP contribution is 2.30. The summed E-state index contributed by atoms with van der Waals surface area (Å²) in [4.78, 5) is 4.50. The lowest BCUT2D eigenvalue weighted by Gasteiger charge is -1.98. The van der Waals surface area contributed by atoms with Crippen LogP contribution in [0.15, 0.2) is 58.4 Å². The Balaban J connectivity index is 2.00. The van der Waals surface area contributed by atoms with E-state index in [2.05, 4.69) is 20.9 Å². The van der Waals surface area contributed by atoms with E-state index in [1.165, 1.54) is 17.4 Å². The molecule has 0 fully saturated rings. The molecule has 0 bridgehead atoms. The number of rotatable bonds is 2. The van der Waals surface area contributed by atoms with Gasteiger partial charge in [-0.15, -0.1) is 11.3 Å². The van der Waals surface area contributed by atoms with Crippen molar-refractivity contribution in [3.8, 4) is 21.8 Å². The van der Waals surface area contributed by atoms with Gasteiger partial charge in [-0.1, -0.05) is 40.2 Å². The van der Waals surface area contributed by atoms with Gasteiger partial charge in [0.05, 0.1) is 5.69 Å². The zero-order valence-electron chi connectivity index (χ0n) is 9.81. The lowest BCUT2D eigenvalue weighted by Crippen LogP contribution is -1.83. The van der Waals surface area contributed by atoms with E-state index in [0.29, 0.717) is 10.6 Å². The maximum absolute atomic E-state index is 13.7. The maximum atomic E-state index is 13.7. The number of halogens is 2. The molecule has 0 aliphatic rings. The van der Waals surface area contributed by atoms with E-state index < -0.39 is 0 Å². The molecule has 0 saturated heterocycles. The van der Waals surface area contributed by atoms with Gasteiger partial charge < -0.3 is 0 Å². The van der Waals surface area contributed by atoms with Crippen molar-refractivity contribution < 1.29 is 4.39 Å². The molecule has 0 saturated carbocycles. The summed E-state index contributed by atoms with van der Waals surface area (Å²) in [6, 6.07) is 14.6. The third-order valence-corrected chi connectivity index (χ3v) is 4.15. The molecule has 0 radical (unpaired) electrons. The van der Waals surface area contributed by atoms with Crippen LogP contribution in [-0.4, -0.2) is 4.98 Å². The van der Waals surface area contributed by atoms with Gasteiger partial charge >= 0.3 is 0 Å². The number of thiazole rings is 1. The van der Waals surface area contributed by atoms with Crippen LogP contribution < -0.4 is 0 Å². The van der Waals surface area contributed by atoms with Crippen LogP contribution in [0.1, 0.15) is 0 Å². The Bertz CT molecular complexity index is 706. The molecule has 1 nitrogen and oxygen atoms in total. The second kappa shape index (κ2) is 5.23. The van der Waals surface area contributed by atoms with Gasteiger partial charge in [0.25, 0.3) is 0 Å². The van der Waals surface area contributed by atoms with Gasteiger partial charge in [-0.25, -0.2) is 9.37 Å². The van der Waals surface area contributed by atoms with Crippen molar-refractivity contribution >= 4 is 27.3 Å². The summed E-state index contributed by atoms with van der Waals surface area (Å²) in [6.07, 6.45) is 0. The molecule has 0 spiro atoms. The summed E-state index contributed by atoms with van der Waals surface area (Å²) in [5.74, 6) is -0.237. The lowest BCUT2D eigenvalue weighted by molar-refractivity contribution is 0.631. The first-order chi connectivity index (χ1) is 9.24. The maximum Gasteiger partial charge on any atom is 0.133 e. The summed E-state index contributed by atoms with van der Waals surface area (Å²) in [5.41, 5.74) is 2.45. The molecule has 4 heteroatoms. The molecule has 0 aliphatic heterocycles. The molecule has 94 valence electrons. The molecule has 0 amide bonds. The van der Waals surface area contributed by atoms with E-state index in [1.807, 2.05) is 35.7 Å². The van der Waals surface area contributed by atoms with Crippen molar-refractivity contribution in [1.82, 2.24) is 4.98 Å². The second-order valence-corrected chi connectivity index (χ2v) is 5.80. The Morgan fingerprint density at radius 1 is 1.00 bits per heavy atom. The average Bonchev–Trinajstić information content (AvgIpc) is 2.89. The van der Waals surface area contributed by atoms with E-state index in [0.717, 1.165) is 15.7 Å². The quantitative estimate of drug-likeness (QED) is 0.613. The third kappa shape index (κ3) is 2.60. The van der Waals surface area contributed by atoms with Crippen LogP contribution >= 0.6 is 27.3 Å². The summed E-state index contributed by atoms with van der Waals surface area (Å²) < 4.78 is 14.7. The van der Waals surface area contributed by atoms with E-state index in [-0.39, 0.29) is 5.82 Å². The normalized spacial score (nSPS) is 10.6. The molecular formula is C15H9BrFNS. The molecule has 0 N–H and O–H groups in total. The van der Waals surface area contributed by atoms with Gasteiger partial charge in [0, 0.05) is 21.0 Å². The van der Waals surface area contributed by atoms with Gasteiger partial charge in [-0.3, -0.25) is 0 Å². The Morgan fingerprint density at radius 2 is 1.74 bits per heavy atom. The van der Waals surface area contributed by atoms with Crippen LogP contribution in [0.25, 0.3) is 21.8 Å². The van der Waals surface area contributed by atoms with Crippen LogP contribution in [0.4, 0.5) is 4.39 Å². The summed E-state index contributed by atoms with van der Waals surface area (Å²) in [7, 11) is 0. The predicted molar refractivity (Wildman–Crippen MR) is 80.6 cm³/mol. The second-order valence-electron chi connectivity index (χ2n) is 4.02. The third-order valence-electron chi connectivity index (χ3n) is 2.75. The van der Waals surface area contributed by atoms with Crippen LogP contribution in [0.3, 0.4) is 0 Å². The first kappa shape index (κ1) is 12.5. The number of benzene rings is 2. The number of aromatic nitrogens is 1. The number of hydrogen-bond donors (Lipinski definition) is 0.